The second-order valence-corrected chi connectivity index (χ2v) is 6.27. The summed E-state index contributed by atoms with van der Waals surface area (Å²) < 4.78 is 0. The number of hydrogen-bond donors (Lipinski definition) is 0. The Morgan fingerprint density at radius 1 is 0.833 bits per heavy atom. The quantitative estimate of drug-likeness (QED) is 0.595. The van der Waals surface area contributed by atoms with E-state index in [2.05, 4.69) is 24.4 Å². The highest BCUT2D eigenvalue weighted by Gasteiger charge is 2.29. The van der Waals surface area contributed by atoms with Crippen LogP contribution >= 0.6 is 0 Å². The highest BCUT2D eigenvalue weighted by atomic mass is 14.9. The van der Waals surface area contributed by atoms with Gasteiger partial charge < -0.3 is 0 Å². The Balaban J connectivity index is 1.92. The Hall–Kier alpha value is -0.720. The van der Waals surface area contributed by atoms with Crippen molar-refractivity contribution < 1.29 is 0 Å². The van der Waals surface area contributed by atoms with E-state index in [1.54, 1.807) is 0 Å². The molecule has 18 heavy (non-hydrogen) atoms. The first-order valence-corrected chi connectivity index (χ1v) is 7.89. The van der Waals surface area contributed by atoms with Crippen molar-refractivity contribution in [3.8, 4) is 0 Å². The highest BCUT2D eigenvalue weighted by Crippen LogP contribution is 2.39. The number of rotatable bonds is 1. The zero-order chi connectivity index (χ0) is 12.7. The highest BCUT2D eigenvalue weighted by molar-refractivity contribution is 5.25. The summed E-state index contributed by atoms with van der Waals surface area (Å²) in [4.78, 5) is 0. The minimum absolute atomic E-state index is 0.336. The van der Waals surface area contributed by atoms with E-state index in [9.17, 15) is 0 Å². The lowest BCUT2D eigenvalue weighted by atomic mass is 9.76. The lowest BCUT2D eigenvalue weighted by molar-refractivity contribution is 0.292. The largest absolute Gasteiger partial charge is 0.261 e. The fourth-order valence-electron chi connectivity index (χ4n) is 3.31. The SMILES string of the molecule is CC1(C2=CC=C[N]2)CCCCCCCCCCC1. The molecule has 1 nitrogen and oxygen atoms in total. The fourth-order valence-corrected chi connectivity index (χ4v) is 3.31. The van der Waals surface area contributed by atoms with Crippen molar-refractivity contribution in [2.24, 2.45) is 5.41 Å². The number of nitrogens with zero attached hydrogens (tertiary/aromatic N) is 1. The van der Waals surface area contributed by atoms with Crippen LogP contribution in [0.1, 0.15) is 77.6 Å². The maximum Gasteiger partial charge on any atom is 0.0463 e. The van der Waals surface area contributed by atoms with Crippen LogP contribution in [0.4, 0.5) is 0 Å². The molecule has 2 aliphatic rings. The molecule has 0 aromatic rings. The Morgan fingerprint density at radius 3 is 1.78 bits per heavy atom. The van der Waals surface area contributed by atoms with Crippen LogP contribution < -0.4 is 5.32 Å². The van der Waals surface area contributed by atoms with Gasteiger partial charge in [-0.1, -0.05) is 64.7 Å². The minimum atomic E-state index is 0.336. The van der Waals surface area contributed by atoms with Crippen molar-refractivity contribution in [1.82, 2.24) is 5.32 Å². The first kappa shape index (κ1) is 13.7. The summed E-state index contributed by atoms with van der Waals surface area (Å²) >= 11 is 0. The van der Waals surface area contributed by atoms with Crippen molar-refractivity contribution in [1.29, 1.82) is 0 Å². The molecule has 101 valence electrons. The Morgan fingerprint density at radius 2 is 1.33 bits per heavy atom. The van der Waals surface area contributed by atoms with Gasteiger partial charge in [-0.25, -0.2) is 0 Å². The monoisotopic (exact) mass is 246 g/mol. The van der Waals surface area contributed by atoms with Crippen LogP contribution in [0, 0.1) is 5.41 Å². The van der Waals surface area contributed by atoms with Gasteiger partial charge in [0.05, 0.1) is 0 Å². The third-order valence-electron chi connectivity index (χ3n) is 4.63. The van der Waals surface area contributed by atoms with Crippen molar-refractivity contribution >= 4 is 0 Å². The van der Waals surface area contributed by atoms with Crippen LogP contribution in [0.5, 0.6) is 0 Å². The van der Waals surface area contributed by atoms with Gasteiger partial charge in [0.1, 0.15) is 0 Å². The second kappa shape index (κ2) is 7.01. The molecule has 1 aliphatic carbocycles. The Kier molecular flexibility index (Phi) is 5.34. The molecular weight excluding hydrogens is 218 g/mol. The van der Waals surface area contributed by atoms with Crippen molar-refractivity contribution in [3.63, 3.8) is 0 Å². The van der Waals surface area contributed by atoms with Gasteiger partial charge in [-0.15, -0.1) is 0 Å². The van der Waals surface area contributed by atoms with Gasteiger partial charge in [-0.3, -0.25) is 5.32 Å². The summed E-state index contributed by atoms with van der Waals surface area (Å²) in [6.45, 7) is 2.43. The van der Waals surface area contributed by atoms with E-state index in [4.69, 9.17) is 0 Å². The maximum atomic E-state index is 4.58. The van der Waals surface area contributed by atoms with Crippen LogP contribution in [-0.4, -0.2) is 0 Å². The molecule has 1 saturated carbocycles. The van der Waals surface area contributed by atoms with E-state index < -0.39 is 0 Å². The topological polar surface area (TPSA) is 14.1 Å². The van der Waals surface area contributed by atoms with Crippen LogP contribution in [0.2, 0.25) is 0 Å². The molecule has 0 aromatic carbocycles. The fraction of sp³-hybridized carbons (Fsp3) is 0.765. The first-order chi connectivity index (χ1) is 8.81. The molecule has 1 heteroatoms. The van der Waals surface area contributed by atoms with E-state index >= 15 is 0 Å². The maximum absolute atomic E-state index is 4.58. The lowest BCUT2D eigenvalue weighted by Gasteiger charge is -2.31. The van der Waals surface area contributed by atoms with Crippen LogP contribution in [0.25, 0.3) is 0 Å². The molecule has 2 rings (SSSR count). The summed E-state index contributed by atoms with van der Waals surface area (Å²) in [5.41, 5.74) is 1.67. The first-order valence-electron chi connectivity index (χ1n) is 7.89. The zero-order valence-electron chi connectivity index (χ0n) is 12.0. The van der Waals surface area contributed by atoms with Gasteiger partial charge in [0.2, 0.25) is 0 Å². The van der Waals surface area contributed by atoms with E-state index in [0.717, 1.165) is 0 Å². The minimum Gasteiger partial charge on any atom is -0.261 e. The molecule has 0 atom stereocenters. The Labute approximate surface area is 113 Å². The third kappa shape index (κ3) is 3.90. The van der Waals surface area contributed by atoms with Crippen molar-refractivity contribution in [3.05, 3.63) is 24.0 Å². The van der Waals surface area contributed by atoms with Gasteiger partial charge in [-0.2, -0.15) is 0 Å². The van der Waals surface area contributed by atoms with Gasteiger partial charge in [-0.05, 0) is 25.0 Å². The molecule has 0 unspecified atom stereocenters. The molecule has 0 N–H and O–H groups in total. The molecule has 0 amide bonds. The van der Waals surface area contributed by atoms with Crippen molar-refractivity contribution in [2.75, 3.05) is 0 Å². The average Bonchev–Trinajstić information content (AvgIpc) is 2.88. The predicted molar refractivity (Wildman–Crippen MR) is 78.3 cm³/mol. The summed E-state index contributed by atoms with van der Waals surface area (Å²) in [7, 11) is 0. The normalized spacial score (nSPS) is 25.7. The van der Waals surface area contributed by atoms with E-state index in [1.807, 2.05) is 6.20 Å². The third-order valence-corrected chi connectivity index (χ3v) is 4.63. The van der Waals surface area contributed by atoms with Crippen LogP contribution in [0.15, 0.2) is 24.0 Å². The molecule has 1 heterocycles. The average molecular weight is 246 g/mol. The Bertz CT molecular complexity index is 289. The molecule has 1 fully saturated rings. The van der Waals surface area contributed by atoms with Gasteiger partial charge in [0, 0.05) is 17.3 Å². The van der Waals surface area contributed by atoms with Crippen LogP contribution in [0.3, 0.4) is 0 Å². The zero-order valence-corrected chi connectivity index (χ0v) is 12.0. The van der Waals surface area contributed by atoms with E-state index in [1.165, 1.54) is 76.3 Å². The van der Waals surface area contributed by atoms with Crippen LogP contribution in [-0.2, 0) is 0 Å². The molecule has 0 aromatic heterocycles. The molecule has 1 aliphatic heterocycles. The van der Waals surface area contributed by atoms with Crippen molar-refractivity contribution in [2.45, 2.75) is 77.6 Å². The molecular formula is C17H28N. The van der Waals surface area contributed by atoms with Gasteiger partial charge in [0.25, 0.3) is 0 Å². The molecule has 0 saturated heterocycles. The predicted octanol–water partition coefficient (Wildman–Crippen LogP) is 5.31. The smallest absolute Gasteiger partial charge is 0.0463 e. The van der Waals surface area contributed by atoms with E-state index in [-0.39, 0.29) is 0 Å². The summed E-state index contributed by atoms with van der Waals surface area (Å²) in [6, 6.07) is 0. The standard InChI is InChI=1S/C17H28N/c1-17(16-12-11-15-18-16)13-9-7-5-3-2-4-6-8-10-14-17/h11-12,15H,2-10,13-14H2,1H3. The number of allylic oxidation sites excluding steroid dienone is 3. The van der Waals surface area contributed by atoms with Gasteiger partial charge in [0.15, 0.2) is 0 Å². The summed E-state index contributed by atoms with van der Waals surface area (Å²) in [5, 5.41) is 4.58. The lowest BCUT2D eigenvalue weighted by Crippen LogP contribution is -2.23. The second-order valence-electron chi connectivity index (χ2n) is 6.27. The van der Waals surface area contributed by atoms with Gasteiger partial charge >= 0.3 is 0 Å². The number of hydrogen-bond acceptors (Lipinski definition) is 0. The molecule has 0 spiro atoms. The summed E-state index contributed by atoms with van der Waals surface area (Å²) in [5.74, 6) is 0. The molecule has 0 bridgehead atoms. The summed E-state index contributed by atoms with van der Waals surface area (Å²) in [6.07, 6.45) is 21.7. The molecule has 1 radical (unpaired) electrons. The van der Waals surface area contributed by atoms with E-state index in [0.29, 0.717) is 5.41 Å².